The number of hydrogen-bond acceptors (Lipinski definition) is 9. The number of carboxylic acid groups (broad SMARTS) is 4. The van der Waals surface area contributed by atoms with Crippen LogP contribution in [0.2, 0.25) is 0 Å². The summed E-state index contributed by atoms with van der Waals surface area (Å²) in [6, 6.07) is 22.7. The molecule has 8 N–H and O–H groups in total. The maximum Gasteiger partial charge on any atom is 0.335 e. The van der Waals surface area contributed by atoms with E-state index in [0.717, 1.165) is 36.4 Å². The Bertz CT molecular complexity index is 2640. The van der Waals surface area contributed by atoms with Gasteiger partial charge in [-0.15, -0.1) is 0 Å². The van der Waals surface area contributed by atoms with E-state index in [1.54, 1.807) is 24.3 Å². The van der Waals surface area contributed by atoms with E-state index in [0.29, 0.717) is 32.9 Å². The van der Waals surface area contributed by atoms with E-state index in [4.69, 9.17) is 0 Å². The van der Waals surface area contributed by atoms with Crippen LogP contribution < -0.4 is 20.1 Å². The van der Waals surface area contributed by atoms with E-state index in [1.807, 2.05) is 0 Å². The van der Waals surface area contributed by atoms with Crippen molar-refractivity contribution in [3.05, 3.63) is 131 Å². The van der Waals surface area contributed by atoms with Gasteiger partial charge in [-0.3, -0.25) is 9.44 Å². The molecule has 0 saturated carbocycles. The van der Waals surface area contributed by atoms with Gasteiger partial charge < -0.3 is 31.1 Å². The molecule has 284 valence electrons. The Kier molecular flexibility index (Phi) is 10.1. The zero-order valence-electron chi connectivity index (χ0n) is 28.2. The second-order valence-electron chi connectivity index (χ2n) is 12.1. The van der Waals surface area contributed by atoms with Gasteiger partial charge in [0.05, 0.1) is 43.4 Å². The summed E-state index contributed by atoms with van der Waals surface area (Å²) in [6.45, 7) is 0. The zero-order valence-corrected chi connectivity index (χ0v) is 29.8. The molecule has 0 bridgehead atoms. The number of carboxylic acids is 4. The van der Waals surface area contributed by atoms with E-state index < -0.39 is 72.2 Å². The molecule has 0 aromatic heterocycles. The first kappa shape index (κ1) is 38.2. The van der Waals surface area contributed by atoms with Crippen molar-refractivity contribution in [1.82, 2.24) is 0 Å². The number of sulfonamides is 2. The lowest BCUT2D eigenvalue weighted by Gasteiger charge is -2.12. The van der Waals surface area contributed by atoms with Gasteiger partial charge in [-0.2, -0.15) is 0 Å². The van der Waals surface area contributed by atoms with Gasteiger partial charge in [0.25, 0.3) is 20.0 Å². The minimum absolute atomic E-state index is 0.196. The first-order chi connectivity index (χ1) is 26.4. The number of aromatic carboxylic acids is 4. The number of fused-ring (bicyclic) bond motifs is 2. The first-order valence-electron chi connectivity index (χ1n) is 15.8. The minimum Gasteiger partial charge on any atom is -0.478 e. The standard InChI is InChI=1S/C37H26N4O13S2/c42-33(43)23-9-24(34(44)45)14-29(13-23)40-55(51,52)31-7-3-19-11-27(5-1-21(19)17-31)38-37(50)39-28-6-2-22-18-32(8-4-20(22)12-28)56(53,54)41-30-15-25(35(46)47)10-26(16-30)36(48)49/h1-18,40-41H,(H,42,43)(H,44,45)(H,46,47)(H,48,49)(H2,38,39,50). The summed E-state index contributed by atoms with van der Waals surface area (Å²) in [5.41, 5.74) is -1.51. The van der Waals surface area contributed by atoms with Crippen LogP contribution in [0.1, 0.15) is 41.4 Å². The summed E-state index contributed by atoms with van der Waals surface area (Å²) in [5.74, 6) is -5.78. The smallest absolute Gasteiger partial charge is 0.335 e. The lowest BCUT2D eigenvalue weighted by molar-refractivity contribution is 0.0676. The molecule has 6 rings (SSSR count). The van der Waals surface area contributed by atoms with E-state index in [2.05, 4.69) is 20.1 Å². The zero-order chi connectivity index (χ0) is 40.5. The molecule has 6 aromatic carbocycles. The highest BCUT2D eigenvalue weighted by molar-refractivity contribution is 7.93. The summed E-state index contributed by atoms with van der Waals surface area (Å²) in [5, 5.41) is 44.6. The lowest BCUT2D eigenvalue weighted by Crippen LogP contribution is -2.19. The molecule has 0 atom stereocenters. The normalized spacial score (nSPS) is 11.4. The Labute approximate surface area is 315 Å². The molecule has 0 unspecified atom stereocenters. The number of hydrogen-bond donors (Lipinski definition) is 8. The molecule has 0 fully saturated rings. The van der Waals surface area contributed by atoms with E-state index >= 15 is 0 Å². The molecule has 17 nitrogen and oxygen atoms in total. The van der Waals surface area contributed by atoms with Gasteiger partial charge in [0.15, 0.2) is 0 Å². The second kappa shape index (κ2) is 14.7. The average Bonchev–Trinajstić information content (AvgIpc) is 3.13. The van der Waals surface area contributed by atoms with Crippen molar-refractivity contribution in [2.45, 2.75) is 9.79 Å². The van der Waals surface area contributed by atoms with Crippen LogP contribution in [0.25, 0.3) is 21.5 Å². The van der Waals surface area contributed by atoms with Crippen molar-refractivity contribution in [1.29, 1.82) is 0 Å². The Hall–Kier alpha value is -7.51. The predicted octanol–water partition coefficient (Wildman–Crippen LogP) is 6.03. The van der Waals surface area contributed by atoms with Crippen LogP contribution in [0.5, 0.6) is 0 Å². The molecular weight excluding hydrogens is 773 g/mol. The molecule has 0 radical (unpaired) electrons. The van der Waals surface area contributed by atoms with Crippen LogP contribution in [0.3, 0.4) is 0 Å². The van der Waals surface area contributed by atoms with Crippen LogP contribution >= 0.6 is 0 Å². The number of urea groups is 1. The van der Waals surface area contributed by atoms with E-state index in [1.165, 1.54) is 48.5 Å². The molecule has 0 heterocycles. The maximum absolute atomic E-state index is 13.1. The van der Waals surface area contributed by atoms with Crippen molar-refractivity contribution in [3.8, 4) is 0 Å². The molecular formula is C37H26N4O13S2. The molecule has 0 aliphatic rings. The van der Waals surface area contributed by atoms with Crippen molar-refractivity contribution in [2.24, 2.45) is 0 Å². The van der Waals surface area contributed by atoms with Gasteiger partial charge in [0.1, 0.15) is 0 Å². The SMILES string of the molecule is O=C(Nc1ccc2cc(S(=O)(=O)Nc3cc(C(=O)O)cc(C(=O)O)c3)ccc2c1)Nc1ccc2cc(S(=O)(=O)Nc3cc(C(=O)O)cc(C(=O)O)c3)ccc2c1. The number of amides is 2. The van der Waals surface area contributed by atoms with Crippen LogP contribution in [0.4, 0.5) is 27.5 Å². The van der Waals surface area contributed by atoms with Gasteiger partial charge in [0.2, 0.25) is 0 Å². The van der Waals surface area contributed by atoms with Gasteiger partial charge in [0, 0.05) is 11.4 Å². The number of benzene rings is 6. The van der Waals surface area contributed by atoms with Gasteiger partial charge in [-0.1, -0.05) is 24.3 Å². The molecule has 0 aliphatic carbocycles. The van der Waals surface area contributed by atoms with Crippen LogP contribution in [0, 0.1) is 0 Å². The molecule has 0 aliphatic heterocycles. The largest absolute Gasteiger partial charge is 0.478 e. The Morgan fingerprint density at radius 2 is 0.679 bits per heavy atom. The molecule has 56 heavy (non-hydrogen) atoms. The highest BCUT2D eigenvalue weighted by Crippen LogP contribution is 2.28. The summed E-state index contributed by atoms with van der Waals surface area (Å²) >= 11 is 0. The summed E-state index contributed by atoms with van der Waals surface area (Å²) < 4.78 is 56.9. The quantitative estimate of drug-likeness (QED) is 0.0703. The summed E-state index contributed by atoms with van der Waals surface area (Å²) in [7, 11) is -8.57. The summed E-state index contributed by atoms with van der Waals surface area (Å²) in [4.78, 5) is 58.2. The topological polar surface area (TPSA) is 283 Å². The fourth-order valence-corrected chi connectivity index (χ4v) is 7.68. The summed E-state index contributed by atoms with van der Waals surface area (Å²) in [6.07, 6.45) is 0. The van der Waals surface area contributed by atoms with Crippen LogP contribution in [-0.2, 0) is 20.0 Å². The van der Waals surface area contributed by atoms with Crippen molar-refractivity contribution in [2.75, 3.05) is 20.1 Å². The predicted molar refractivity (Wildman–Crippen MR) is 203 cm³/mol. The van der Waals surface area contributed by atoms with E-state index in [9.17, 15) is 61.2 Å². The molecule has 19 heteroatoms. The molecule has 6 aromatic rings. The molecule has 2 amide bonds. The maximum atomic E-state index is 13.1. The number of anilines is 4. The Balaban J connectivity index is 1.13. The highest BCUT2D eigenvalue weighted by Gasteiger charge is 2.20. The van der Waals surface area contributed by atoms with E-state index in [-0.39, 0.29) is 21.2 Å². The van der Waals surface area contributed by atoms with Crippen molar-refractivity contribution >= 4 is 94.2 Å². The van der Waals surface area contributed by atoms with Crippen molar-refractivity contribution in [3.63, 3.8) is 0 Å². The number of carbonyl (C=O) groups is 5. The van der Waals surface area contributed by atoms with Crippen LogP contribution in [-0.4, -0.2) is 67.2 Å². The third-order valence-corrected chi connectivity index (χ3v) is 10.9. The highest BCUT2D eigenvalue weighted by atomic mass is 32.2. The third-order valence-electron chi connectivity index (χ3n) is 8.12. The monoisotopic (exact) mass is 798 g/mol. The number of rotatable bonds is 12. The molecule has 0 saturated heterocycles. The fourth-order valence-electron chi connectivity index (χ4n) is 5.53. The lowest BCUT2D eigenvalue weighted by atomic mass is 10.1. The second-order valence-corrected chi connectivity index (χ2v) is 15.4. The third kappa shape index (κ3) is 8.48. The van der Waals surface area contributed by atoms with Gasteiger partial charge >= 0.3 is 29.9 Å². The van der Waals surface area contributed by atoms with Crippen molar-refractivity contribution < 1.29 is 61.2 Å². The first-order valence-corrected chi connectivity index (χ1v) is 18.8. The van der Waals surface area contributed by atoms with Crippen LogP contribution in [0.15, 0.2) is 119 Å². The number of carbonyl (C=O) groups excluding carboxylic acids is 1. The van der Waals surface area contributed by atoms with Gasteiger partial charge in [-0.25, -0.2) is 40.8 Å². The minimum atomic E-state index is -4.28. The Morgan fingerprint density at radius 1 is 0.375 bits per heavy atom. The fraction of sp³-hybridized carbons (Fsp3) is 0. The Morgan fingerprint density at radius 3 is 1.00 bits per heavy atom. The molecule has 0 spiro atoms. The van der Waals surface area contributed by atoms with Gasteiger partial charge in [-0.05, 0) is 106 Å². The average molecular weight is 799 g/mol. The number of nitrogens with one attached hydrogen (secondary N) is 4.